The molecule has 1 atom stereocenters. The fourth-order valence-corrected chi connectivity index (χ4v) is 2.54. The lowest BCUT2D eigenvalue weighted by Gasteiger charge is -2.18. The van der Waals surface area contributed by atoms with Crippen molar-refractivity contribution in [3.63, 3.8) is 0 Å². The number of halogens is 1. The van der Waals surface area contributed by atoms with Gasteiger partial charge in [0.15, 0.2) is 0 Å². The van der Waals surface area contributed by atoms with Gasteiger partial charge in [-0.25, -0.2) is 10.4 Å². The van der Waals surface area contributed by atoms with E-state index < -0.39 is 0 Å². The number of aromatic nitrogens is 1. The molecule has 0 fully saturated rings. The molecule has 2 rings (SSSR count). The van der Waals surface area contributed by atoms with E-state index in [-0.39, 0.29) is 6.04 Å². The van der Waals surface area contributed by atoms with Crippen molar-refractivity contribution < 1.29 is 0 Å². The Bertz CT molecular complexity index is 569. The molecule has 1 heterocycles. The molecule has 0 aliphatic rings. The molecule has 0 saturated carbocycles. The van der Waals surface area contributed by atoms with E-state index in [0.29, 0.717) is 11.1 Å². The van der Waals surface area contributed by atoms with Gasteiger partial charge in [0.25, 0.3) is 0 Å². The van der Waals surface area contributed by atoms with Gasteiger partial charge < -0.3 is 0 Å². The first kappa shape index (κ1) is 15.0. The summed E-state index contributed by atoms with van der Waals surface area (Å²) >= 11 is 5.95. The molecule has 0 radical (unpaired) electrons. The van der Waals surface area contributed by atoms with E-state index in [0.717, 1.165) is 17.5 Å². The molecule has 0 saturated heterocycles. The maximum Gasteiger partial charge on any atom is 0.129 e. The van der Waals surface area contributed by atoms with Crippen molar-refractivity contribution in [1.29, 1.82) is 0 Å². The minimum absolute atomic E-state index is 0.0809. The summed E-state index contributed by atoms with van der Waals surface area (Å²) in [4.78, 5) is 4.00. The average Bonchev–Trinajstić information content (AvgIpc) is 2.39. The minimum Gasteiger partial charge on any atom is -0.271 e. The van der Waals surface area contributed by atoms with Crippen molar-refractivity contribution in [1.82, 2.24) is 10.4 Å². The zero-order valence-corrected chi connectivity index (χ0v) is 12.6. The second-order valence-electron chi connectivity index (χ2n) is 5.35. The summed E-state index contributed by atoms with van der Waals surface area (Å²) in [6.07, 6.45) is 2.75. The summed E-state index contributed by atoms with van der Waals surface area (Å²) in [6.45, 7) is 4.43. The maximum atomic E-state index is 5.95. The van der Waals surface area contributed by atoms with Crippen molar-refractivity contribution in [3.8, 4) is 0 Å². The predicted molar refractivity (Wildman–Crippen MR) is 83.4 cm³/mol. The van der Waals surface area contributed by atoms with E-state index in [9.17, 15) is 0 Å². The van der Waals surface area contributed by atoms with Crippen LogP contribution in [0.4, 0.5) is 0 Å². The van der Waals surface area contributed by atoms with E-state index in [1.807, 2.05) is 12.1 Å². The zero-order chi connectivity index (χ0) is 14.5. The summed E-state index contributed by atoms with van der Waals surface area (Å²) in [5, 5.41) is 0.473. The molecule has 0 amide bonds. The highest BCUT2D eigenvalue weighted by Crippen LogP contribution is 2.24. The number of nitrogens with zero attached hydrogens (tertiary/aromatic N) is 1. The molecule has 3 nitrogen and oxygen atoms in total. The van der Waals surface area contributed by atoms with Crippen LogP contribution in [-0.2, 0) is 6.42 Å². The number of hydrazine groups is 1. The van der Waals surface area contributed by atoms with Gasteiger partial charge in [-0.3, -0.25) is 5.84 Å². The van der Waals surface area contributed by atoms with E-state index in [4.69, 9.17) is 17.4 Å². The van der Waals surface area contributed by atoms with E-state index in [1.165, 1.54) is 5.56 Å². The van der Waals surface area contributed by atoms with Crippen LogP contribution in [0.1, 0.15) is 36.6 Å². The maximum absolute atomic E-state index is 5.95. The van der Waals surface area contributed by atoms with Gasteiger partial charge in [0.05, 0.1) is 6.04 Å². The molecule has 1 aromatic carbocycles. The molecule has 0 aliphatic carbocycles. The Morgan fingerprint density at radius 1 is 1.20 bits per heavy atom. The third kappa shape index (κ3) is 3.79. The van der Waals surface area contributed by atoms with Crippen LogP contribution in [0.5, 0.6) is 0 Å². The van der Waals surface area contributed by atoms with Crippen LogP contribution < -0.4 is 11.3 Å². The molecule has 0 spiro atoms. The lowest BCUT2D eigenvalue weighted by Crippen LogP contribution is -2.29. The fourth-order valence-electron chi connectivity index (χ4n) is 2.35. The van der Waals surface area contributed by atoms with E-state index in [2.05, 4.69) is 48.5 Å². The van der Waals surface area contributed by atoms with Gasteiger partial charge in [-0.15, -0.1) is 0 Å². The molecule has 0 aliphatic heterocycles. The summed E-state index contributed by atoms with van der Waals surface area (Å²) in [5.74, 6) is 6.35. The Hall–Kier alpha value is -1.42. The van der Waals surface area contributed by atoms with Crippen LogP contribution in [0.3, 0.4) is 0 Å². The van der Waals surface area contributed by atoms with Gasteiger partial charge in [0.1, 0.15) is 5.15 Å². The second kappa shape index (κ2) is 6.84. The molecule has 20 heavy (non-hydrogen) atoms. The third-order valence-electron chi connectivity index (χ3n) is 3.18. The summed E-state index contributed by atoms with van der Waals surface area (Å²) < 4.78 is 0. The number of hydrogen-bond donors (Lipinski definition) is 2. The van der Waals surface area contributed by atoms with Crippen LogP contribution in [-0.4, -0.2) is 4.98 Å². The molecule has 0 bridgehead atoms. The van der Waals surface area contributed by atoms with Crippen molar-refractivity contribution in [2.45, 2.75) is 26.3 Å². The van der Waals surface area contributed by atoms with Crippen molar-refractivity contribution in [3.05, 3.63) is 64.4 Å². The normalized spacial score (nSPS) is 12.7. The van der Waals surface area contributed by atoms with Crippen LogP contribution in [0, 0.1) is 5.92 Å². The quantitative estimate of drug-likeness (QED) is 0.503. The Kier molecular flexibility index (Phi) is 5.12. The summed E-state index contributed by atoms with van der Waals surface area (Å²) in [6, 6.07) is 12.2. The second-order valence-corrected chi connectivity index (χ2v) is 5.74. The first-order chi connectivity index (χ1) is 9.60. The van der Waals surface area contributed by atoms with Crippen molar-refractivity contribution in [2.75, 3.05) is 0 Å². The Balaban J connectivity index is 2.32. The van der Waals surface area contributed by atoms with Crippen molar-refractivity contribution >= 4 is 11.6 Å². The Morgan fingerprint density at radius 2 is 1.95 bits per heavy atom. The zero-order valence-electron chi connectivity index (χ0n) is 11.8. The standard InChI is InChI=1S/C16H20ClN3/c1-11(2)8-12-4-3-5-13(9-12)16(20-18)14-6-7-19-15(17)10-14/h3-7,9-11,16,20H,8,18H2,1-2H3. The minimum atomic E-state index is -0.0809. The molecule has 2 aromatic rings. The molecule has 106 valence electrons. The lowest BCUT2D eigenvalue weighted by molar-refractivity contribution is 0.627. The monoisotopic (exact) mass is 289 g/mol. The molecule has 3 N–H and O–H groups in total. The predicted octanol–water partition coefficient (Wildman–Crippen LogP) is 3.49. The molecule has 1 aromatic heterocycles. The van der Waals surface area contributed by atoms with Crippen LogP contribution in [0.25, 0.3) is 0 Å². The van der Waals surface area contributed by atoms with Crippen LogP contribution in [0.15, 0.2) is 42.6 Å². The van der Waals surface area contributed by atoms with Gasteiger partial charge >= 0.3 is 0 Å². The van der Waals surface area contributed by atoms with Crippen LogP contribution >= 0.6 is 11.6 Å². The average molecular weight is 290 g/mol. The number of rotatable bonds is 5. The summed E-state index contributed by atoms with van der Waals surface area (Å²) in [5.41, 5.74) is 6.31. The molecule has 4 heteroatoms. The molecular weight excluding hydrogens is 270 g/mol. The first-order valence-electron chi connectivity index (χ1n) is 6.76. The highest BCUT2D eigenvalue weighted by atomic mass is 35.5. The highest BCUT2D eigenvalue weighted by Gasteiger charge is 2.13. The smallest absolute Gasteiger partial charge is 0.129 e. The fraction of sp³-hybridized carbons (Fsp3) is 0.312. The molecule has 1 unspecified atom stereocenters. The van der Waals surface area contributed by atoms with Gasteiger partial charge in [-0.2, -0.15) is 0 Å². The van der Waals surface area contributed by atoms with Crippen molar-refractivity contribution in [2.24, 2.45) is 11.8 Å². The number of nitrogens with two attached hydrogens (primary N) is 1. The number of nitrogens with one attached hydrogen (secondary N) is 1. The van der Waals surface area contributed by atoms with Gasteiger partial charge in [0, 0.05) is 6.20 Å². The van der Waals surface area contributed by atoms with E-state index in [1.54, 1.807) is 6.20 Å². The van der Waals surface area contributed by atoms with Crippen LogP contribution in [0.2, 0.25) is 5.15 Å². The first-order valence-corrected chi connectivity index (χ1v) is 7.14. The van der Waals surface area contributed by atoms with Gasteiger partial charge in [-0.1, -0.05) is 49.7 Å². The molecular formula is C16H20ClN3. The Labute approximate surface area is 125 Å². The number of hydrogen-bond acceptors (Lipinski definition) is 3. The largest absolute Gasteiger partial charge is 0.271 e. The van der Waals surface area contributed by atoms with Gasteiger partial charge in [0.2, 0.25) is 0 Å². The van der Waals surface area contributed by atoms with Gasteiger partial charge in [-0.05, 0) is 41.2 Å². The Morgan fingerprint density at radius 3 is 2.60 bits per heavy atom. The summed E-state index contributed by atoms with van der Waals surface area (Å²) in [7, 11) is 0. The SMILES string of the molecule is CC(C)Cc1cccc(C(NN)c2ccnc(Cl)c2)c1. The topological polar surface area (TPSA) is 50.9 Å². The number of pyridine rings is 1. The highest BCUT2D eigenvalue weighted by molar-refractivity contribution is 6.29. The lowest BCUT2D eigenvalue weighted by atomic mass is 9.95. The third-order valence-corrected chi connectivity index (χ3v) is 3.39. The van der Waals surface area contributed by atoms with E-state index >= 15 is 0 Å². The number of benzene rings is 1.